The lowest BCUT2D eigenvalue weighted by Gasteiger charge is -2.29. The quantitative estimate of drug-likeness (QED) is 0.887. The van der Waals surface area contributed by atoms with E-state index < -0.39 is 0 Å². The van der Waals surface area contributed by atoms with Gasteiger partial charge in [0.1, 0.15) is 5.75 Å². The number of rotatable bonds is 4. The molecule has 3 nitrogen and oxygen atoms in total. The van der Waals surface area contributed by atoms with Crippen molar-refractivity contribution in [1.82, 2.24) is 0 Å². The molecule has 0 atom stereocenters. The van der Waals surface area contributed by atoms with E-state index in [1.807, 2.05) is 13.2 Å². The van der Waals surface area contributed by atoms with Crippen LogP contribution in [0.4, 0.5) is 5.69 Å². The first-order valence-corrected chi connectivity index (χ1v) is 6.67. The molecule has 18 heavy (non-hydrogen) atoms. The van der Waals surface area contributed by atoms with Gasteiger partial charge in [-0.25, -0.2) is 0 Å². The van der Waals surface area contributed by atoms with E-state index >= 15 is 0 Å². The third kappa shape index (κ3) is 3.16. The molecule has 0 aromatic heterocycles. The van der Waals surface area contributed by atoms with Crippen LogP contribution in [0.1, 0.15) is 31.2 Å². The van der Waals surface area contributed by atoms with Crippen molar-refractivity contribution in [3.8, 4) is 5.75 Å². The summed E-state index contributed by atoms with van der Waals surface area (Å²) in [6, 6.07) is 6.85. The summed E-state index contributed by atoms with van der Waals surface area (Å²) in [6.45, 7) is 2.08. The fourth-order valence-electron chi connectivity index (χ4n) is 2.65. The van der Waals surface area contributed by atoms with Crippen molar-refractivity contribution in [2.24, 2.45) is 0 Å². The van der Waals surface area contributed by atoms with Crippen molar-refractivity contribution in [3.63, 3.8) is 0 Å². The van der Waals surface area contributed by atoms with E-state index in [0.29, 0.717) is 12.1 Å². The molecule has 0 aliphatic heterocycles. The SMILES string of the molecule is COc1ccc(NC2CCC(OC)CC2)cc1C. The maximum absolute atomic E-state index is 5.39. The van der Waals surface area contributed by atoms with Crippen LogP contribution in [-0.4, -0.2) is 26.4 Å². The van der Waals surface area contributed by atoms with Gasteiger partial charge in [-0.05, 0) is 56.4 Å². The average Bonchev–Trinajstić information content (AvgIpc) is 2.40. The van der Waals surface area contributed by atoms with Gasteiger partial charge < -0.3 is 14.8 Å². The monoisotopic (exact) mass is 249 g/mol. The number of anilines is 1. The summed E-state index contributed by atoms with van der Waals surface area (Å²) < 4.78 is 10.7. The lowest BCUT2D eigenvalue weighted by atomic mass is 9.93. The zero-order valence-electron chi connectivity index (χ0n) is 11.5. The summed E-state index contributed by atoms with van der Waals surface area (Å²) in [5, 5.41) is 3.61. The van der Waals surface area contributed by atoms with Crippen molar-refractivity contribution < 1.29 is 9.47 Å². The highest BCUT2D eigenvalue weighted by Gasteiger charge is 2.20. The zero-order valence-corrected chi connectivity index (χ0v) is 11.5. The molecular formula is C15H23NO2. The van der Waals surface area contributed by atoms with E-state index in [-0.39, 0.29) is 0 Å². The summed E-state index contributed by atoms with van der Waals surface area (Å²) in [5.41, 5.74) is 2.36. The Labute approximate surface area is 109 Å². The van der Waals surface area contributed by atoms with E-state index in [9.17, 15) is 0 Å². The fourth-order valence-corrected chi connectivity index (χ4v) is 2.65. The minimum atomic E-state index is 0.459. The third-order valence-electron chi connectivity index (χ3n) is 3.77. The van der Waals surface area contributed by atoms with Gasteiger partial charge in [-0.15, -0.1) is 0 Å². The molecular weight excluding hydrogens is 226 g/mol. The van der Waals surface area contributed by atoms with Gasteiger partial charge in [0.05, 0.1) is 13.2 Å². The van der Waals surface area contributed by atoms with Crippen LogP contribution in [0, 0.1) is 6.92 Å². The van der Waals surface area contributed by atoms with Crippen LogP contribution < -0.4 is 10.1 Å². The lowest BCUT2D eigenvalue weighted by Crippen LogP contribution is -2.29. The topological polar surface area (TPSA) is 30.5 Å². The number of methoxy groups -OCH3 is 2. The predicted octanol–water partition coefficient (Wildman–Crippen LogP) is 3.37. The first-order valence-electron chi connectivity index (χ1n) is 6.67. The third-order valence-corrected chi connectivity index (χ3v) is 3.77. The number of aryl methyl sites for hydroxylation is 1. The van der Waals surface area contributed by atoms with E-state index in [4.69, 9.17) is 9.47 Å². The second-order valence-corrected chi connectivity index (χ2v) is 5.04. The van der Waals surface area contributed by atoms with Gasteiger partial charge in [0, 0.05) is 18.8 Å². The zero-order chi connectivity index (χ0) is 13.0. The molecule has 1 N–H and O–H groups in total. The van der Waals surface area contributed by atoms with E-state index in [1.54, 1.807) is 7.11 Å². The molecule has 3 heteroatoms. The minimum absolute atomic E-state index is 0.459. The normalized spacial score (nSPS) is 23.7. The summed E-state index contributed by atoms with van der Waals surface area (Å²) in [4.78, 5) is 0. The Morgan fingerprint density at radius 2 is 1.83 bits per heavy atom. The van der Waals surface area contributed by atoms with Crippen LogP contribution in [0.2, 0.25) is 0 Å². The van der Waals surface area contributed by atoms with Crippen LogP contribution in [0.5, 0.6) is 5.75 Å². The standard InChI is InChI=1S/C15H23NO2/c1-11-10-13(6-9-15(11)18-3)16-12-4-7-14(17-2)8-5-12/h6,9-10,12,14,16H,4-5,7-8H2,1-3H3. The minimum Gasteiger partial charge on any atom is -0.496 e. The lowest BCUT2D eigenvalue weighted by molar-refractivity contribution is 0.0682. The Kier molecular flexibility index (Phi) is 4.48. The molecule has 0 heterocycles. The van der Waals surface area contributed by atoms with Crippen molar-refractivity contribution in [1.29, 1.82) is 0 Å². The Morgan fingerprint density at radius 3 is 2.39 bits per heavy atom. The van der Waals surface area contributed by atoms with Crippen molar-refractivity contribution >= 4 is 5.69 Å². The number of hydrogen-bond acceptors (Lipinski definition) is 3. The molecule has 100 valence electrons. The highest BCUT2D eigenvalue weighted by atomic mass is 16.5. The van der Waals surface area contributed by atoms with Gasteiger partial charge in [-0.2, -0.15) is 0 Å². The maximum Gasteiger partial charge on any atom is 0.121 e. The number of ether oxygens (including phenoxy) is 2. The molecule has 1 aromatic carbocycles. The number of hydrogen-bond donors (Lipinski definition) is 1. The first-order chi connectivity index (χ1) is 8.72. The highest BCUT2D eigenvalue weighted by molar-refractivity contribution is 5.51. The Hall–Kier alpha value is -1.22. The molecule has 1 aromatic rings. The van der Waals surface area contributed by atoms with Gasteiger partial charge in [0.15, 0.2) is 0 Å². The molecule has 1 aliphatic carbocycles. The molecule has 2 rings (SSSR count). The molecule has 0 amide bonds. The van der Waals surface area contributed by atoms with Crippen LogP contribution in [0.3, 0.4) is 0 Å². The smallest absolute Gasteiger partial charge is 0.121 e. The van der Waals surface area contributed by atoms with Crippen LogP contribution in [0.15, 0.2) is 18.2 Å². The molecule has 0 unspecified atom stereocenters. The summed E-state index contributed by atoms with van der Waals surface area (Å²) in [7, 11) is 3.52. The van der Waals surface area contributed by atoms with Crippen molar-refractivity contribution in [3.05, 3.63) is 23.8 Å². The molecule has 0 spiro atoms. The largest absolute Gasteiger partial charge is 0.496 e. The van der Waals surface area contributed by atoms with Crippen LogP contribution in [0.25, 0.3) is 0 Å². The maximum atomic E-state index is 5.39. The summed E-state index contributed by atoms with van der Waals surface area (Å²) in [6.07, 6.45) is 5.14. The molecule has 1 fully saturated rings. The summed E-state index contributed by atoms with van der Waals surface area (Å²) >= 11 is 0. The van der Waals surface area contributed by atoms with Gasteiger partial charge in [0.25, 0.3) is 0 Å². The number of benzene rings is 1. The predicted molar refractivity (Wildman–Crippen MR) is 74.4 cm³/mol. The van der Waals surface area contributed by atoms with Gasteiger partial charge in [0.2, 0.25) is 0 Å². The molecule has 0 radical (unpaired) electrons. The van der Waals surface area contributed by atoms with Gasteiger partial charge >= 0.3 is 0 Å². The highest BCUT2D eigenvalue weighted by Crippen LogP contribution is 2.26. The van der Waals surface area contributed by atoms with E-state index in [2.05, 4.69) is 24.4 Å². The van der Waals surface area contributed by atoms with E-state index in [0.717, 1.165) is 18.6 Å². The second kappa shape index (κ2) is 6.10. The average molecular weight is 249 g/mol. The fraction of sp³-hybridized carbons (Fsp3) is 0.600. The Morgan fingerprint density at radius 1 is 1.11 bits per heavy atom. The first kappa shape index (κ1) is 13.2. The Bertz CT molecular complexity index is 384. The van der Waals surface area contributed by atoms with Gasteiger partial charge in [-0.3, -0.25) is 0 Å². The molecule has 1 saturated carbocycles. The molecule has 0 saturated heterocycles. The number of nitrogens with one attached hydrogen (secondary N) is 1. The second-order valence-electron chi connectivity index (χ2n) is 5.04. The molecule has 0 bridgehead atoms. The summed E-state index contributed by atoms with van der Waals surface area (Å²) in [5.74, 6) is 0.948. The van der Waals surface area contributed by atoms with E-state index in [1.165, 1.54) is 24.1 Å². The van der Waals surface area contributed by atoms with Crippen LogP contribution >= 0.6 is 0 Å². The Balaban J connectivity index is 1.92. The van der Waals surface area contributed by atoms with Crippen LogP contribution in [-0.2, 0) is 4.74 Å². The van der Waals surface area contributed by atoms with Crippen molar-refractivity contribution in [2.45, 2.75) is 44.8 Å². The van der Waals surface area contributed by atoms with Gasteiger partial charge in [-0.1, -0.05) is 0 Å². The molecule has 1 aliphatic rings. The van der Waals surface area contributed by atoms with Crippen molar-refractivity contribution in [2.75, 3.05) is 19.5 Å².